The molecule has 5 heteroatoms. The molecule has 0 aromatic heterocycles. The third kappa shape index (κ3) is 7.39. The first kappa shape index (κ1) is 12.7. The summed E-state index contributed by atoms with van der Waals surface area (Å²) in [7, 11) is 1.55. The summed E-state index contributed by atoms with van der Waals surface area (Å²) in [5.74, 6) is -0.110. The van der Waals surface area contributed by atoms with Crippen LogP contribution in [0.25, 0.3) is 0 Å². The summed E-state index contributed by atoms with van der Waals surface area (Å²) in [6, 6.07) is 0. The number of rotatable bonds is 3. The van der Waals surface area contributed by atoms with Gasteiger partial charge in [0.15, 0.2) is 0 Å². The van der Waals surface area contributed by atoms with Crippen molar-refractivity contribution in [2.24, 2.45) is 0 Å². The molecule has 0 aromatic rings. The average Bonchev–Trinajstić information content (AvgIpc) is 2.00. The Bertz CT molecular complexity index is 209. The second kappa shape index (κ2) is 5.47. The fourth-order valence-corrected chi connectivity index (χ4v) is 0.717. The van der Waals surface area contributed by atoms with Crippen LogP contribution in [0.1, 0.15) is 27.2 Å². The topological polar surface area (TPSA) is 67.4 Å². The van der Waals surface area contributed by atoms with Crippen LogP contribution in [0, 0.1) is 0 Å². The quantitative estimate of drug-likeness (QED) is 0.706. The van der Waals surface area contributed by atoms with Crippen molar-refractivity contribution in [3.05, 3.63) is 0 Å². The van der Waals surface area contributed by atoms with E-state index in [1.165, 1.54) is 0 Å². The van der Waals surface area contributed by atoms with Crippen LogP contribution in [0.2, 0.25) is 0 Å². The Balaban J connectivity index is 3.60. The predicted octanol–water partition coefficient (Wildman–Crippen LogP) is 0.647. The highest BCUT2D eigenvalue weighted by molar-refractivity contribution is 5.76. The number of hydrogen-bond donors (Lipinski definition) is 2. The molecule has 0 saturated heterocycles. The smallest absolute Gasteiger partial charge is 0.407 e. The predicted molar refractivity (Wildman–Crippen MR) is 52.9 cm³/mol. The zero-order valence-electron chi connectivity index (χ0n) is 9.14. The fourth-order valence-electron chi connectivity index (χ4n) is 0.717. The van der Waals surface area contributed by atoms with Gasteiger partial charge in [-0.2, -0.15) is 0 Å². The molecule has 0 fully saturated rings. The van der Waals surface area contributed by atoms with Crippen LogP contribution < -0.4 is 10.6 Å². The summed E-state index contributed by atoms with van der Waals surface area (Å²) in [5, 5.41) is 4.94. The Morgan fingerprint density at radius 3 is 2.29 bits per heavy atom. The van der Waals surface area contributed by atoms with Gasteiger partial charge in [-0.15, -0.1) is 0 Å². The second-order valence-corrected chi connectivity index (χ2v) is 3.85. The number of carbonyl (C=O) groups excluding carboxylic acids is 2. The molecule has 0 bridgehead atoms. The first-order chi connectivity index (χ1) is 6.35. The number of amides is 2. The van der Waals surface area contributed by atoms with Crippen LogP contribution in [-0.2, 0) is 9.53 Å². The third-order valence-electron chi connectivity index (χ3n) is 1.30. The van der Waals surface area contributed by atoms with Gasteiger partial charge < -0.3 is 15.4 Å². The molecular weight excluding hydrogens is 184 g/mol. The van der Waals surface area contributed by atoms with Gasteiger partial charge in [0.2, 0.25) is 5.91 Å². The zero-order chi connectivity index (χ0) is 11.2. The Morgan fingerprint density at radius 2 is 1.86 bits per heavy atom. The molecule has 5 nitrogen and oxygen atoms in total. The maximum absolute atomic E-state index is 11.1. The highest BCUT2D eigenvalue weighted by Gasteiger charge is 2.15. The summed E-state index contributed by atoms with van der Waals surface area (Å²) in [5.41, 5.74) is -0.503. The maximum atomic E-state index is 11.1. The molecular formula is C9H18N2O3. The number of alkyl carbamates (subject to hydrolysis) is 1. The first-order valence-electron chi connectivity index (χ1n) is 4.52. The number of hydrogen-bond acceptors (Lipinski definition) is 3. The molecule has 0 aliphatic heterocycles. The van der Waals surface area contributed by atoms with E-state index in [1.54, 1.807) is 27.8 Å². The lowest BCUT2D eigenvalue weighted by molar-refractivity contribution is -0.120. The standard InChI is InChI=1S/C9H18N2O3/c1-9(2,3)14-8(13)11-6-5-7(12)10-4/h5-6H2,1-4H3,(H,10,12)(H,11,13). The Kier molecular flexibility index (Phi) is 4.97. The van der Waals surface area contributed by atoms with Gasteiger partial charge in [0.1, 0.15) is 5.60 Å². The molecule has 2 amide bonds. The van der Waals surface area contributed by atoms with E-state index in [0.717, 1.165) is 0 Å². The third-order valence-corrected chi connectivity index (χ3v) is 1.30. The van der Waals surface area contributed by atoms with E-state index in [1.807, 2.05) is 0 Å². The van der Waals surface area contributed by atoms with Gasteiger partial charge in [-0.1, -0.05) is 0 Å². The van der Waals surface area contributed by atoms with Crippen molar-refractivity contribution < 1.29 is 14.3 Å². The molecule has 0 atom stereocenters. The van der Waals surface area contributed by atoms with Gasteiger partial charge in [-0.25, -0.2) is 4.79 Å². The van der Waals surface area contributed by atoms with Gasteiger partial charge in [0.05, 0.1) is 0 Å². The Labute approximate surface area is 84.2 Å². The van der Waals surface area contributed by atoms with Crippen molar-refractivity contribution in [3.63, 3.8) is 0 Å². The number of nitrogens with one attached hydrogen (secondary N) is 2. The van der Waals surface area contributed by atoms with Gasteiger partial charge in [-0.3, -0.25) is 4.79 Å². The molecule has 14 heavy (non-hydrogen) atoms. The second-order valence-electron chi connectivity index (χ2n) is 3.85. The first-order valence-corrected chi connectivity index (χ1v) is 4.52. The molecule has 0 aliphatic rings. The van der Waals surface area contributed by atoms with Crippen molar-refractivity contribution >= 4 is 12.0 Å². The zero-order valence-corrected chi connectivity index (χ0v) is 9.14. The minimum Gasteiger partial charge on any atom is -0.444 e. The highest BCUT2D eigenvalue weighted by Crippen LogP contribution is 2.06. The minimum atomic E-state index is -0.503. The SMILES string of the molecule is CNC(=O)CCNC(=O)OC(C)(C)C. The van der Waals surface area contributed by atoms with E-state index in [-0.39, 0.29) is 18.9 Å². The van der Waals surface area contributed by atoms with Crippen molar-refractivity contribution in [1.29, 1.82) is 0 Å². The van der Waals surface area contributed by atoms with Gasteiger partial charge in [0.25, 0.3) is 0 Å². The van der Waals surface area contributed by atoms with E-state index in [4.69, 9.17) is 4.74 Å². The monoisotopic (exact) mass is 202 g/mol. The molecule has 0 unspecified atom stereocenters. The largest absolute Gasteiger partial charge is 0.444 e. The molecule has 0 saturated carbocycles. The molecule has 2 N–H and O–H groups in total. The Morgan fingerprint density at radius 1 is 1.29 bits per heavy atom. The lowest BCUT2D eigenvalue weighted by Crippen LogP contribution is -2.34. The Hall–Kier alpha value is -1.26. The van der Waals surface area contributed by atoms with E-state index in [2.05, 4.69) is 10.6 Å². The highest BCUT2D eigenvalue weighted by atomic mass is 16.6. The summed E-state index contributed by atoms with van der Waals surface area (Å²) in [6.45, 7) is 5.64. The van der Waals surface area contributed by atoms with Gasteiger partial charge >= 0.3 is 6.09 Å². The van der Waals surface area contributed by atoms with Crippen LogP contribution in [0.3, 0.4) is 0 Å². The van der Waals surface area contributed by atoms with E-state index >= 15 is 0 Å². The van der Waals surface area contributed by atoms with Crippen LogP contribution in [0.4, 0.5) is 4.79 Å². The van der Waals surface area contributed by atoms with Gasteiger partial charge in [0, 0.05) is 20.0 Å². The summed E-state index contributed by atoms with van der Waals surface area (Å²) >= 11 is 0. The molecule has 0 rings (SSSR count). The summed E-state index contributed by atoms with van der Waals surface area (Å²) in [6.07, 6.45) is -0.239. The van der Waals surface area contributed by atoms with Crippen LogP contribution in [0.15, 0.2) is 0 Å². The van der Waals surface area contributed by atoms with Crippen molar-refractivity contribution in [2.45, 2.75) is 32.8 Å². The van der Waals surface area contributed by atoms with Crippen molar-refractivity contribution in [3.8, 4) is 0 Å². The van der Waals surface area contributed by atoms with Crippen LogP contribution in [0.5, 0.6) is 0 Å². The minimum absolute atomic E-state index is 0.110. The van der Waals surface area contributed by atoms with Crippen LogP contribution in [-0.4, -0.2) is 31.2 Å². The molecule has 0 heterocycles. The molecule has 0 aromatic carbocycles. The molecule has 0 spiro atoms. The van der Waals surface area contributed by atoms with E-state index < -0.39 is 11.7 Å². The molecule has 82 valence electrons. The fraction of sp³-hybridized carbons (Fsp3) is 0.778. The lowest BCUT2D eigenvalue weighted by Gasteiger charge is -2.19. The van der Waals surface area contributed by atoms with E-state index in [9.17, 15) is 9.59 Å². The van der Waals surface area contributed by atoms with Crippen molar-refractivity contribution in [1.82, 2.24) is 10.6 Å². The van der Waals surface area contributed by atoms with Crippen molar-refractivity contribution in [2.75, 3.05) is 13.6 Å². The van der Waals surface area contributed by atoms with E-state index in [0.29, 0.717) is 0 Å². The normalized spacial score (nSPS) is 10.6. The molecule has 0 aliphatic carbocycles. The van der Waals surface area contributed by atoms with Crippen LogP contribution >= 0.6 is 0 Å². The van der Waals surface area contributed by atoms with Gasteiger partial charge in [-0.05, 0) is 20.8 Å². The summed E-state index contributed by atoms with van der Waals surface area (Å²) < 4.78 is 4.97. The average molecular weight is 202 g/mol. The number of ether oxygens (including phenoxy) is 1. The maximum Gasteiger partial charge on any atom is 0.407 e. The lowest BCUT2D eigenvalue weighted by atomic mass is 10.2. The summed E-state index contributed by atoms with van der Waals surface area (Å²) in [4.78, 5) is 21.8. The molecule has 0 radical (unpaired) electrons. The number of carbonyl (C=O) groups is 2.